The van der Waals surface area contributed by atoms with Crippen LogP contribution in [-0.4, -0.2) is 29.8 Å². The fraction of sp³-hybridized carbons (Fsp3) is 0.727. The van der Waals surface area contributed by atoms with Gasteiger partial charge in [0.2, 0.25) is 0 Å². The molecule has 84 valence electrons. The van der Waals surface area contributed by atoms with Crippen LogP contribution >= 0.6 is 11.3 Å². The summed E-state index contributed by atoms with van der Waals surface area (Å²) in [5.74, 6) is 0. The van der Waals surface area contributed by atoms with Gasteiger partial charge in [-0.05, 0) is 26.2 Å². The first-order chi connectivity index (χ1) is 7.31. The molecule has 0 amide bonds. The molecule has 0 spiro atoms. The highest BCUT2D eigenvalue weighted by Gasteiger charge is 2.15. The van der Waals surface area contributed by atoms with E-state index in [9.17, 15) is 0 Å². The summed E-state index contributed by atoms with van der Waals surface area (Å²) in [6.45, 7) is 4.55. The summed E-state index contributed by atoms with van der Waals surface area (Å²) < 4.78 is 0. The Morgan fingerprint density at radius 2 is 2.07 bits per heavy atom. The molecular formula is C11H18N2OS. The minimum absolute atomic E-state index is 0.225. The Bertz CT molecular complexity index is 318. The van der Waals surface area contributed by atoms with Crippen LogP contribution in [0.4, 0.5) is 5.13 Å². The van der Waals surface area contributed by atoms with E-state index in [0.29, 0.717) is 0 Å². The van der Waals surface area contributed by atoms with Crippen LogP contribution in [0.15, 0.2) is 0 Å². The van der Waals surface area contributed by atoms with E-state index in [1.807, 2.05) is 6.92 Å². The summed E-state index contributed by atoms with van der Waals surface area (Å²) in [5.41, 5.74) is 1.09. The molecule has 0 radical (unpaired) electrons. The number of aliphatic hydroxyl groups is 1. The van der Waals surface area contributed by atoms with Gasteiger partial charge < -0.3 is 10.0 Å². The lowest BCUT2D eigenvalue weighted by molar-refractivity contribution is 0.300. The first-order valence-corrected chi connectivity index (χ1v) is 6.45. The second kappa shape index (κ2) is 4.94. The second-order valence-electron chi connectivity index (χ2n) is 4.03. The number of rotatable bonds is 3. The summed E-state index contributed by atoms with van der Waals surface area (Å²) in [4.78, 5) is 8.20. The van der Waals surface area contributed by atoms with Crippen molar-refractivity contribution < 1.29 is 5.11 Å². The molecule has 0 aliphatic carbocycles. The largest absolute Gasteiger partial charge is 0.396 e. The predicted molar refractivity (Wildman–Crippen MR) is 63.7 cm³/mol. The standard InChI is InChI=1S/C11H18N2OS/c1-9-10(5-8-14)15-11(12-9)13-6-3-2-4-7-13/h14H,2-8H2,1H3. The van der Waals surface area contributed by atoms with Crippen molar-refractivity contribution in [3.8, 4) is 0 Å². The minimum Gasteiger partial charge on any atom is -0.396 e. The maximum Gasteiger partial charge on any atom is 0.185 e. The number of aryl methyl sites for hydroxylation is 1. The van der Waals surface area contributed by atoms with Gasteiger partial charge >= 0.3 is 0 Å². The lowest BCUT2D eigenvalue weighted by atomic mass is 10.1. The molecule has 0 saturated carbocycles. The second-order valence-corrected chi connectivity index (χ2v) is 5.09. The molecule has 2 heterocycles. The highest BCUT2D eigenvalue weighted by Crippen LogP contribution is 2.28. The summed E-state index contributed by atoms with van der Waals surface area (Å²) in [7, 11) is 0. The quantitative estimate of drug-likeness (QED) is 0.856. The maximum absolute atomic E-state index is 8.93. The van der Waals surface area contributed by atoms with E-state index in [1.165, 1.54) is 24.1 Å². The Morgan fingerprint density at radius 3 is 2.73 bits per heavy atom. The molecule has 1 aliphatic heterocycles. The number of piperidine rings is 1. The van der Waals surface area contributed by atoms with Gasteiger partial charge in [0.15, 0.2) is 5.13 Å². The Labute approximate surface area is 94.8 Å². The van der Waals surface area contributed by atoms with E-state index in [-0.39, 0.29) is 6.61 Å². The molecule has 1 N–H and O–H groups in total. The number of aliphatic hydroxyl groups excluding tert-OH is 1. The fourth-order valence-corrected chi connectivity index (χ4v) is 3.07. The lowest BCUT2D eigenvalue weighted by Crippen LogP contribution is -2.29. The van der Waals surface area contributed by atoms with Crippen molar-refractivity contribution in [2.45, 2.75) is 32.6 Å². The maximum atomic E-state index is 8.93. The number of hydrogen-bond donors (Lipinski definition) is 1. The normalized spacial score (nSPS) is 17.1. The molecule has 3 nitrogen and oxygen atoms in total. The van der Waals surface area contributed by atoms with E-state index in [4.69, 9.17) is 5.11 Å². The molecule has 1 aromatic rings. The molecule has 1 fully saturated rings. The zero-order chi connectivity index (χ0) is 10.7. The van der Waals surface area contributed by atoms with Crippen LogP contribution < -0.4 is 4.90 Å². The molecule has 0 aromatic carbocycles. The van der Waals surface area contributed by atoms with E-state index < -0.39 is 0 Å². The van der Waals surface area contributed by atoms with Crippen molar-refractivity contribution in [2.24, 2.45) is 0 Å². The molecule has 0 unspecified atom stereocenters. The highest BCUT2D eigenvalue weighted by molar-refractivity contribution is 7.15. The molecule has 1 saturated heterocycles. The average Bonchev–Trinajstić information content (AvgIpc) is 2.63. The Kier molecular flexibility index (Phi) is 3.59. The van der Waals surface area contributed by atoms with Crippen molar-refractivity contribution >= 4 is 16.5 Å². The fourth-order valence-electron chi connectivity index (χ4n) is 1.97. The molecular weight excluding hydrogens is 208 g/mol. The summed E-state index contributed by atoms with van der Waals surface area (Å²) in [6, 6.07) is 0. The monoisotopic (exact) mass is 226 g/mol. The zero-order valence-electron chi connectivity index (χ0n) is 9.20. The van der Waals surface area contributed by atoms with Crippen molar-refractivity contribution in [3.63, 3.8) is 0 Å². The Balaban J connectivity index is 2.10. The van der Waals surface area contributed by atoms with Gasteiger partial charge in [0.25, 0.3) is 0 Å². The zero-order valence-corrected chi connectivity index (χ0v) is 10.0. The predicted octanol–water partition coefficient (Wildman–Crippen LogP) is 1.98. The molecule has 2 rings (SSSR count). The number of anilines is 1. The number of hydrogen-bond acceptors (Lipinski definition) is 4. The Morgan fingerprint density at radius 1 is 1.33 bits per heavy atom. The molecule has 1 aliphatic rings. The van der Waals surface area contributed by atoms with Crippen molar-refractivity contribution in [2.75, 3.05) is 24.6 Å². The number of nitrogens with zero attached hydrogens (tertiary/aromatic N) is 2. The number of thiazole rings is 1. The van der Waals surface area contributed by atoms with Crippen molar-refractivity contribution in [3.05, 3.63) is 10.6 Å². The van der Waals surface area contributed by atoms with Crippen LogP contribution in [0, 0.1) is 6.92 Å². The first-order valence-electron chi connectivity index (χ1n) is 5.63. The average molecular weight is 226 g/mol. The molecule has 0 atom stereocenters. The van der Waals surface area contributed by atoms with Gasteiger partial charge in [-0.25, -0.2) is 4.98 Å². The van der Waals surface area contributed by atoms with Crippen LogP contribution in [0.2, 0.25) is 0 Å². The smallest absolute Gasteiger partial charge is 0.185 e. The van der Waals surface area contributed by atoms with Crippen LogP contribution in [-0.2, 0) is 6.42 Å². The van der Waals surface area contributed by atoms with E-state index in [0.717, 1.165) is 30.3 Å². The summed E-state index contributed by atoms with van der Waals surface area (Å²) in [6.07, 6.45) is 4.67. The molecule has 4 heteroatoms. The molecule has 1 aromatic heterocycles. The molecule has 0 bridgehead atoms. The number of aromatic nitrogens is 1. The van der Waals surface area contributed by atoms with E-state index in [2.05, 4.69) is 9.88 Å². The summed E-state index contributed by atoms with van der Waals surface area (Å²) in [5, 5.41) is 10.1. The highest BCUT2D eigenvalue weighted by atomic mass is 32.1. The third-order valence-electron chi connectivity index (χ3n) is 2.85. The minimum atomic E-state index is 0.225. The Hall–Kier alpha value is -0.610. The summed E-state index contributed by atoms with van der Waals surface area (Å²) >= 11 is 1.75. The SMILES string of the molecule is Cc1nc(N2CCCCC2)sc1CCO. The third-order valence-corrected chi connectivity index (χ3v) is 4.12. The van der Waals surface area contributed by atoms with Crippen LogP contribution in [0.25, 0.3) is 0 Å². The van der Waals surface area contributed by atoms with Crippen LogP contribution in [0.5, 0.6) is 0 Å². The van der Waals surface area contributed by atoms with Gasteiger partial charge in [0.1, 0.15) is 0 Å². The van der Waals surface area contributed by atoms with Gasteiger partial charge in [0, 0.05) is 31.0 Å². The van der Waals surface area contributed by atoms with E-state index >= 15 is 0 Å². The van der Waals surface area contributed by atoms with Crippen molar-refractivity contribution in [1.29, 1.82) is 0 Å². The first kappa shape index (κ1) is 10.9. The van der Waals surface area contributed by atoms with Crippen molar-refractivity contribution in [1.82, 2.24) is 4.98 Å². The molecule has 15 heavy (non-hydrogen) atoms. The topological polar surface area (TPSA) is 36.4 Å². The van der Waals surface area contributed by atoms with Gasteiger partial charge in [0.05, 0.1) is 5.69 Å². The van der Waals surface area contributed by atoms with Gasteiger partial charge in [-0.3, -0.25) is 0 Å². The van der Waals surface area contributed by atoms with Gasteiger partial charge in [-0.2, -0.15) is 0 Å². The lowest BCUT2D eigenvalue weighted by Gasteiger charge is -2.25. The van der Waals surface area contributed by atoms with Gasteiger partial charge in [-0.1, -0.05) is 0 Å². The van der Waals surface area contributed by atoms with Crippen LogP contribution in [0.1, 0.15) is 29.8 Å². The van der Waals surface area contributed by atoms with E-state index in [1.54, 1.807) is 11.3 Å². The third kappa shape index (κ3) is 2.49. The van der Waals surface area contributed by atoms with Gasteiger partial charge in [-0.15, -0.1) is 11.3 Å². The van der Waals surface area contributed by atoms with Crippen LogP contribution in [0.3, 0.4) is 0 Å².